The Morgan fingerprint density at radius 2 is 2.11 bits per heavy atom. The van der Waals surface area contributed by atoms with Gasteiger partial charge < -0.3 is 0 Å². The molecular weight excluding hydrogens is 246 g/mol. The third-order valence-electron chi connectivity index (χ3n) is 2.33. The van der Waals surface area contributed by atoms with Gasteiger partial charge in [0.15, 0.2) is 5.82 Å². The molecule has 1 atom stereocenters. The molecular formula is C12H13N5S. The lowest BCUT2D eigenvalue weighted by Crippen LogP contribution is -2.03. The van der Waals surface area contributed by atoms with Gasteiger partial charge in [0.05, 0.1) is 17.0 Å². The van der Waals surface area contributed by atoms with E-state index < -0.39 is 0 Å². The monoisotopic (exact) mass is 259 g/mol. The van der Waals surface area contributed by atoms with Crippen molar-refractivity contribution >= 4 is 11.8 Å². The minimum absolute atomic E-state index is 0.126. The number of aromatic nitrogens is 4. The van der Waals surface area contributed by atoms with Gasteiger partial charge >= 0.3 is 0 Å². The average molecular weight is 259 g/mol. The standard InChI is InChI=1S/C12H13N5S/c1-8-6-9(2)17(16-8)11-4-5-12(15-14-11)18-10(3)7-13/h4-6,10H,1-3H3/t10-/m1/s1. The van der Waals surface area contributed by atoms with Crippen LogP contribution in [0.25, 0.3) is 5.82 Å². The molecule has 18 heavy (non-hydrogen) atoms. The van der Waals surface area contributed by atoms with E-state index in [-0.39, 0.29) is 5.25 Å². The van der Waals surface area contributed by atoms with Crippen LogP contribution in [-0.2, 0) is 0 Å². The molecule has 0 radical (unpaired) electrons. The van der Waals surface area contributed by atoms with Crippen LogP contribution in [-0.4, -0.2) is 25.2 Å². The van der Waals surface area contributed by atoms with Crippen LogP contribution in [0.4, 0.5) is 0 Å². The van der Waals surface area contributed by atoms with Crippen LogP contribution in [0.2, 0.25) is 0 Å². The maximum absolute atomic E-state index is 8.73. The normalized spacial score (nSPS) is 12.1. The Morgan fingerprint density at radius 3 is 2.61 bits per heavy atom. The van der Waals surface area contributed by atoms with Gasteiger partial charge in [-0.3, -0.25) is 0 Å². The summed E-state index contributed by atoms with van der Waals surface area (Å²) in [4.78, 5) is 0. The third kappa shape index (κ3) is 2.68. The molecule has 2 heterocycles. The van der Waals surface area contributed by atoms with E-state index in [1.165, 1.54) is 11.8 Å². The van der Waals surface area contributed by atoms with Crippen LogP contribution in [0.5, 0.6) is 0 Å². The van der Waals surface area contributed by atoms with Crippen molar-refractivity contribution in [3.63, 3.8) is 0 Å². The fourth-order valence-corrected chi connectivity index (χ4v) is 2.21. The number of rotatable bonds is 3. The molecule has 2 rings (SSSR count). The Bertz CT molecular complexity index is 582. The van der Waals surface area contributed by atoms with Crippen molar-refractivity contribution in [2.75, 3.05) is 0 Å². The number of nitrogens with zero attached hydrogens (tertiary/aromatic N) is 5. The Labute approximate surface area is 110 Å². The summed E-state index contributed by atoms with van der Waals surface area (Å²) in [6.07, 6.45) is 0. The van der Waals surface area contributed by atoms with Gasteiger partial charge in [-0.05, 0) is 39.0 Å². The second kappa shape index (κ2) is 5.19. The number of nitriles is 1. The van der Waals surface area contributed by atoms with E-state index in [2.05, 4.69) is 21.4 Å². The van der Waals surface area contributed by atoms with E-state index in [0.29, 0.717) is 5.82 Å². The zero-order valence-electron chi connectivity index (χ0n) is 10.5. The topological polar surface area (TPSA) is 67.4 Å². The van der Waals surface area contributed by atoms with Crippen molar-refractivity contribution in [2.45, 2.75) is 31.0 Å². The number of aryl methyl sites for hydroxylation is 2. The first-order valence-corrected chi connectivity index (χ1v) is 6.42. The van der Waals surface area contributed by atoms with Crippen molar-refractivity contribution < 1.29 is 0 Å². The molecule has 0 aliphatic carbocycles. The first-order chi connectivity index (χ1) is 8.60. The van der Waals surface area contributed by atoms with E-state index in [4.69, 9.17) is 5.26 Å². The highest BCUT2D eigenvalue weighted by atomic mass is 32.2. The zero-order valence-corrected chi connectivity index (χ0v) is 11.3. The summed E-state index contributed by atoms with van der Waals surface area (Å²) in [5.41, 5.74) is 1.97. The lowest BCUT2D eigenvalue weighted by molar-refractivity contribution is 0.765. The lowest BCUT2D eigenvalue weighted by atomic mass is 10.4. The Balaban J connectivity index is 2.23. The summed E-state index contributed by atoms with van der Waals surface area (Å²) in [7, 11) is 0. The van der Waals surface area contributed by atoms with Crippen molar-refractivity contribution in [2.24, 2.45) is 0 Å². The summed E-state index contributed by atoms with van der Waals surface area (Å²) in [6.45, 7) is 5.75. The smallest absolute Gasteiger partial charge is 0.175 e. The van der Waals surface area contributed by atoms with E-state index in [1.54, 1.807) is 4.68 Å². The molecule has 0 fully saturated rings. The number of thioether (sulfide) groups is 1. The van der Waals surface area contributed by atoms with Gasteiger partial charge in [-0.15, -0.1) is 10.2 Å². The molecule has 0 aliphatic rings. The zero-order chi connectivity index (χ0) is 13.1. The minimum atomic E-state index is -0.126. The molecule has 5 nitrogen and oxygen atoms in total. The van der Waals surface area contributed by atoms with Gasteiger partial charge in [-0.25, -0.2) is 4.68 Å². The molecule has 6 heteroatoms. The SMILES string of the molecule is Cc1cc(C)n(-c2ccc(S[C@H](C)C#N)nn2)n1. The van der Waals surface area contributed by atoms with Crippen LogP contribution < -0.4 is 0 Å². The first kappa shape index (κ1) is 12.6. The van der Waals surface area contributed by atoms with Gasteiger partial charge in [0.25, 0.3) is 0 Å². The predicted molar refractivity (Wildman–Crippen MR) is 69.6 cm³/mol. The third-order valence-corrected chi connectivity index (χ3v) is 3.25. The van der Waals surface area contributed by atoms with E-state index in [0.717, 1.165) is 16.4 Å². The molecule has 0 amide bonds. The largest absolute Gasteiger partial charge is 0.218 e. The van der Waals surface area contributed by atoms with Gasteiger partial charge in [0.2, 0.25) is 0 Å². The van der Waals surface area contributed by atoms with Crippen LogP contribution in [0, 0.1) is 25.2 Å². The van der Waals surface area contributed by atoms with Crippen LogP contribution >= 0.6 is 11.8 Å². The van der Waals surface area contributed by atoms with Gasteiger partial charge in [-0.1, -0.05) is 11.8 Å². The van der Waals surface area contributed by atoms with E-state index >= 15 is 0 Å². The van der Waals surface area contributed by atoms with Gasteiger partial charge in [0.1, 0.15) is 5.03 Å². The Kier molecular flexibility index (Phi) is 3.63. The van der Waals surface area contributed by atoms with Gasteiger partial charge in [-0.2, -0.15) is 10.4 Å². The average Bonchev–Trinajstić information content (AvgIpc) is 2.69. The molecule has 0 bridgehead atoms. The summed E-state index contributed by atoms with van der Waals surface area (Å²) in [6, 6.07) is 7.86. The van der Waals surface area contributed by atoms with Crippen molar-refractivity contribution in [3.05, 3.63) is 29.6 Å². The summed E-state index contributed by atoms with van der Waals surface area (Å²) in [5, 5.41) is 21.9. The second-order valence-electron chi connectivity index (χ2n) is 3.96. The fraction of sp³-hybridized carbons (Fsp3) is 0.333. The molecule has 2 aromatic rings. The molecule has 0 unspecified atom stereocenters. The van der Waals surface area contributed by atoms with E-state index in [1.807, 2.05) is 39.0 Å². The molecule has 0 aromatic carbocycles. The summed E-state index contributed by atoms with van der Waals surface area (Å²) in [5.74, 6) is 0.689. The molecule has 0 saturated heterocycles. The second-order valence-corrected chi connectivity index (χ2v) is 5.32. The molecule has 0 saturated carbocycles. The maximum Gasteiger partial charge on any atom is 0.175 e. The van der Waals surface area contributed by atoms with Gasteiger partial charge in [0, 0.05) is 5.69 Å². The van der Waals surface area contributed by atoms with Crippen LogP contribution in [0.3, 0.4) is 0 Å². The highest BCUT2D eigenvalue weighted by Crippen LogP contribution is 2.20. The van der Waals surface area contributed by atoms with Crippen LogP contribution in [0.1, 0.15) is 18.3 Å². The number of hydrogen-bond acceptors (Lipinski definition) is 5. The minimum Gasteiger partial charge on any atom is -0.218 e. The summed E-state index contributed by atoms with van der Waals surface area (Å²) < 4.78 is 1.75. The maximum atomic E-state index is 8.73. The first-order valence-electron chi connectivity index (χ1n) is 5.54. The van der Waals surface area contributed by atoms with E-state index in [9.17, 15) is 0 Å². The lowest BCUT2D eigenvalue weighted by Gasteiger charge is -2.04. The molecule has 2 aromatic heterocycles. The quantitative estimate of drug-likeness (QED) is 0.791. The highest BCUT2D eigenvalue weighted by Gasteiger charge is 2.08. The fourth-order valence-electron chi connectivity index (χ4n) is 1.56. The van der Waals surface area contributed by atoms with Crippen molar-refractivity contribution in [1.82, 2.24) is 20.0 Å². The van der Waals surface area contributed by atoms with Crippen molar-refractivity contribution in [1.29, 1.82) is 5.26 Å². The Hall–Kier alpha value is -1.87. The molecule has 0 spiro atoms. The summed E-state index contributed by atoms with van der Waals surface area (Å²) >= 11 is 1.39. The van der Waals surface area contributed by atoms with Crippen molar-refractivity contribution in [3.8, 4) is 11.9 Å². The predicted octanol–water partition coefficient (Wildman–Crippen LogP) is 2.28. The molecule has 0 N–H and O–H groups in total. The molecule has 0 aliphatic heterocycles. The highest BCUT2D eigenvalue weighted by molar-refractivity contribution is 8.00. The number of hydrogen-bond donors (Lipinski definition) is 0. The Morgan fingerprint density at radius 1 is 1.33 bits per heavy atom. The van der Waals surface area contributed by atoms with Crippen LogP contribution in [0.15, 0.2) is 23.2 Å². The molecule has 92 valence electrons.